The number of nitrogens with zero attached hydrogens (tertiary/aromatic N) is 1. The fourth-order valence-corrected chi connectivity index (χ4v) is 4.60. The predicted molar refractivity (Wildman–Crippen MR) is 127 cm³/mol. The maximum absolute atomic E-state index is 12.6. The number of hydrogen-bond donors (Lipinski definition) is 1. The van der Waals surface area contributed by atoms with Gasteiger partial charge in [0.25, 0.3) is 0 Å². The first kappa shape index (κ1) is 21.9. The van der Waals surface area contributed by atoms with E-state index in [0.29, 0.717) is 24.5 Å². The largest absolute Gasteiger partial charge is 0.493 e. The van der Waals surface area contributed by atoms with Crippen molar-refractivity contribution in [3.05, 3.63) is 83.9 Å². The van der Waals surface area contributed by atoms with Crippen LogP contribution in [0.5, 0.6) is 11.5 Å². The minimum atomic E-state index is -0.551. The second kappa shape index (κ2) is 9.45. The molecule has 1 amide bonds. The molecule has 0 radical (unpaired) electrons. The van der Waals surface area contributed by atoms with Crippen molar-refractivity contribution < 1.29 is 14.3 Å². The molecule has 5 heteroatoms. The summed E-state index contributed by atoms with van der Waals surface area (Å²) in [5, 5.41) is 0. The summed E-state index contributed by atoms with van der Waals surface area (Å²) >= 11 is 0. The average molecular weight is 431 g/mol. The van der Waals surface area contributed by atoms with Crippen molar-refractivity contribution >= 4 is 5.91 Å². The molecule has 3 aromatic rings. The van der Waals surface area contributed by atoms with Crippen molar-refractivity contribution in [1.82, 2.24) is 4.90 Å². The van der Waals surface area contributed by atoms with Crippen molar-refractivity contribution in [2.75, 3.05) is 27.3 Å². The summed E-state index contributed by atoms with van der Waals surface area (Å²) in [6, 6.07) is 24.7. The Kier molecular flexibility index (Phi) is 6.47. The number of rotatable bonds is 8. The lowest BCUT2D eigenvalue weighted by Crippen LogP contribution is -2.41. The molecule has 1 heterocycles. The van der Waals surface area contributed by atoms with Crippen LogP contribution in [0.2, 0.25) is 0 Å². The maximum Gasteiger partial charge on any atom is 0.225 e. The number of amides is 1. The van der Waals surface area contributed by atoms with Gasteiger partial charge >= 0.3 is 0 Å². The molecule has 166 valence electrons. The van der Waals surface area contributed by atoms with Gasteiger partial charge in [0.1, 0.15) is 0 Å². The third-order valence-corrected chi connectivity index (χ3v) is 6.41. The van der Waals surface area contributed by atoms with E-state index in [4.69, 9.17) is 15.2 Å². The lowest BCUT2D eigenvalue weighted by Gasteiger charge is -2.26. The van der Waals surface area contributed by atoms with Crippen LogP contribution in [0, 0.1) is 5.41 Å². The van der Waals surface area contributed by atoms with Crippen LogP contribution in [-0.2, 0) is 17.8 Å². The number of likely N-dealkylation sites (tertiary alicyclic amines) is 1. The molecule has 1 unspecified atom stereocenters. The average Bonchev–Trinajstić information content (AvgIpc) is 3.23. The summed E-state index contributed by atoms with van der Waals surface area (Å²) in [5.41, 5.74) is 10.00. The molecule has 1 fully saturated rings. The molecule has 1 aliphatic heterocycles. The highest BCUT2D eigenvalue weighted by Crippen LogP contribution is 2.36. The molecule has 1 saturated heterocycles. The molecule has 1 atom stereocenters. The number of ether oxygens (including phenoxy) is 2. The molecular weight excluding hydrogens is 400 g/mol. The quantitative estimate of drug-likeness (QED) is 0.579. The van der Waals surface area contributed by atoms with Gasteiger partial charge < -0.3 is 15.2 Å². The van der Waals surface area contributed by atoms with Crippen LogP contribution in [0.4, 0.5) is 0 Å². The number of benzene rings is 3. The standard InChI is InChI=1S/C27H30N2O3/c1-31-24-13-10-21(16-25(24)32-2)18-29-15-14-27(19-29,26(28)30)17-20-8-11-23(12-9-20)22-6-4-3-5-7-22/h3-13,16H,14-15,17-19H2,1-2H3,(H2,28,30). The third-order valence-electron chi connectivity index (χ3n) is 6.41. The molecule has 0 aliphatic carbocycles. The first-order valence-corrected chi connectivity index (χ1v) is 10.9. The maximum atomic E-state index is 12.6. The van der Waals surface area contributed by atoms with Crippen LogP contribution in [0.25, 0.3) is 11.1 Å². The Bertz CT molecular complexity index is 1070. The van der Waals surface area contributed by atoms with Gasteiger partial charge in [-0.1, -0.05) is 60.7 Å². The monoisotopic (exact) mass is 430 g/mol. The van der Waals surface area contributed by atoms with E-state index in [9.17, 15) is 4.79 Å². The van der Waals surface area contributed by atoms with Gasteiger partial charge in [-0.2, -0.15) is 0 Å². The molecule has 4 rings (SSSR count). The van der Waals surface area contributed by atoms with Crippen LogP contribution in [0.15, 0.2) is 72.8 Å². The summed E-state index contributed by atoms with van der Waals surface area (Å²) in [5.74, 6) is 1.20. The van der Waals surface area contributed by atoms with E-state index in [1.807, 2.05) is 36.4 Å². The van der Waals surface area contributed by atoms with E-state index < -0.39 is 5.41 Å². The normalized spacial score (nSPS) is 18.4. The van der Waals surface area contributed by atoms with Crippen molar-refractivity contribution in [1.29, 1.82) is 0 Å². The third kappa shape index (κ3) is 4.63. The summed E-state index contributed by atoms with van der Waals surface area (Å²) in [6.45, 7) is 2.22. The highest BCUT2D eigenvalue weighted by Gasteiger charge is 2.43. The Morgan fingerprint density at radius 1 is 0.906 bits per heavy atom. The van der Waals surface area contributed by atoms with E-state index in [2.05, 4.69) is 41.3 Å². The van der Waals surface area contributed by atoms with Crippen LogP contribution in [-0.4, -0.2) is 38.1 Å². The fraction of sp³-hybridized carbons (Fsp3) is 0.296. The van der Waals surface area contributed by atoms with Gasteiger partial charge in [-0.05, 0) is 53.8 Å². The molecule has 2 N–H and O–H groups in total. The first-order valence-electron chi connectivity index (χ1n) is 10.9. The Labute approximate surface area is 189 Å². The van der Waals surface area contributed by atoms with E-state index in [0.717, 1.165) is 30.6 Å². The number of primary amides is 1. The molecule has 0 bridgehead atoms. The van der Waals surface area contributed by atoms with Crippen molar-refractivity contribution in [3.8, 4) is 22.6 Å². The van der Waals surface area contributed by atoms with Gasteiger partial charge in [-0.3, -0.25) is 9.69 Å². The number of carbonyl (C=O) groups is 1. The Morgan fingerprint density at radius 3 is 2.22 bits per heavy atom. The summed E-state index contributed by atoms with van der Waals surface area (Å²) in [4.78, 5) is 14.9. The SMILES string of the molecule is COc1ccc(CN2CCC(Cc3ccc(-c4ccccc4)cc3)(C(N)=O)C2)cc1OC. The number of carbonyl (C=O) groups excluding carboxylic acids is 1. The van der Waals surface area contributed by atoms with Gasteiger partial charge in [-0.15, -0.1) is 0 Å². The lowest BCUT2D eigenvalue weighted by atomic mass is 9.80. The highest BCUT2D eigenvalue weighted by atomic mass is 16.5. The van der Waals surface area contributed by atoms with Crippen LogP contribution in [0.1, 0.15) is 17.5 Å². The molecule has 32 heavy (non-hydrogen) atoms. The van der Waals surface area contributed by atoms with Gasteiger partial charge in [-0.25, -0.2) is 0 Å². The molecule has 0 spiro atoms. The van der Waals surface area contributed by atoms with Gasteiger partial charge in [0.2, 0.25) is 5.91 Å². The molecule has 0 aromatic heterocycles. The van der Waals surface area contributed by atoms with Crippen molar-refractivity contribution in [2.24, 2.45) is 11.1 Å². The zero-order valence-corrected chi connectivity index (χ0v) is 18.7. The Hall–Kier alpha value is -3.31. The Morgan fingerprint density at radius 2 is 1.56 bits per heavy atom. The van der Waals surface area contributed by atoms with Gasteiger partial charge in [0, 0.05) is 13.1 Å². The zero-order valence-electron chi connectivity index (χ0n) is 18.7. The second-order valence-corrected chi connectivity index (χ2v) is 8.53. The van der Waals surface area contributed by atoms with E-state index >= 15 is 0 Å². The van der Waals surface area contributed by atoms with Crippen LogP contribution < -0.4 is 15.2 Å². The lowest BCUT2D eigenvalue weighted by molar-refractivity contribution is -0.127. The topological polar surface area (TPSA) is 64.8 Å². The van der Waals surface area contributed by atoms with E-state index in [1.165, 1.54) is 11.1 Å². The minimum absolute atomic E-state index is 0.223. The van der Waals surface area contributed by atoms with E-state index in [-0.39, 0.29) is 5.91 Å². The van der Waals surface area contributed by atoms with Gasteiger partial charge in [0.05, 0.1) is 19.6 Å². The van der Waals surface area contributed by atoms with Crippen LogP contribution in [0.3, 0.4) is 0 Å². The number of methoxy groups -OCH3 is 2. The summed E-state index contributed by atoms with van der Waals surface area (Å²) < 4.78 is 10.8. The van der Waals surface area contributed by atoms with E-state index in [1.54, 1.807) is 14.2 Å². The van der Waals surface area contributed by atoms with Crippen molar-refractivity contribution in [2.45, 2.75) is 19.4 Å². The van der Waals surface area contributed by atoms with Gasteiger partial charge in [0.15, 0.2) is 11.5 Å². The molecule has 0 saturated carbocycles. The fourth-order valence-electron chi connectivity index (χ4n) is 4.60. The first-order chi connectivity index (χ1) is 15.5. The summed E-state index contributed by atoms with van der Waals surface area (Å²) in [6.07, 6.45) is 1.41. The zero-order chi connectivity index (χ0) is 22.6. The smallest absolute Gasteiger partial charge is 0.225 e. The number of hydrogen-bond acceptors (Lipinski definition) is 4. The minimum Gasteiger partial charge on any atom is -0.493 e. The molecule has 1 aliphatic rings. The second-order valence-electron chi connectivity index (χ2n) is 8.53. The summed E-state index contributed by atoms with van der Waals surface area (Å²) in [7, 11) is 3.27. The van der Waals surface area contributed by atoms with Crippen LogP contribution >= 0.6 is 0 Å². The predicted octanol–water partition coefficient (Wildman–Crippen LogP) is 4.29. The highest BCUT2D eigenvalue weighted by molar-refractivity contribution is 5.82. The molecule has 3 aromatic carbocycles. The molecule has 5 nitrogen and oxygen atoms in total. The molecular formula is C27H30N2O3. The Balaban J connectivity index is 1.46. The number of nitrogens with two attached hydrogens (primary N) is 1. The van der Waals surface area contributed by atoms with Crippen molar-refractivity contribution in [3.63, 3.8) is 0 Å².